The minimum absolute atomic E-state index is 0. The Morgan fingerprint density at radius 2 is 2.09 bits per heavy atom. The van der Waals surface area contributed by atoms with Crippen LogP contribution in [0.1, 0.15) is 49.8 Å². The fourth-order valence-electron chi connectivity index (χ4n) is 3.86. The molecular weight excluding hydrogens is 331 g/mol. The Kier molecular flexibility index (Phi) is 6.75. The van der Waals surface area contributed by atoms with E-state index in [2.05, 4.69) is 23.6 Å². The van der Waals surface area contributed by atoms with Crippen LogP contribution in [0.15, 0.2) is 18.2 Å². The molecule has 2 atom stereocenters. The molecule has 0 spiro atoms. The third-order valence-electron chi connectivity index (χ3n) is 5.21. The Morgan fingerprint density at radius 3 is 2.83 bits per heavy atom. The highest BCUT2D eigenvalue weighted by Crippen LogP contribution is 2.33. The van der Waals surface area contributed by atoms with Gasteiger partial charge in [0.25, 0.3) is 0 Å². The van der Waals surface area contributed by atoms with Crippen LogP contribution < -0.4 is 10.6 Å². The summed E-state index contributed by atoms with van der Waals surface area (Å²) >= 11 is 6.04. The van der Waals surface area contributed by atoms with Crippen molar-refractivity contribution in [2.45, 2.75) is 45.1 Å². The van der Waals surface area contributed by atoms with Gasteiger partial charge >= 0.3 is 0 Å². The number of aryl methyl sites for hydroxylation is 1. The number of hydrogen-bond donors (Lipinski definition) is 2. The molecule has 1 aliphatic carbocycles. The van der Waals surface area contributed by atoms with Crippen molar-refractivity contribution in [2.75, 3.05) is 13.1 Å². The lowest BCUT2D eigenvalue weighted by Crippen LogP contribution is -2.34. The average molecular weight is 357 g/mol. The highest BCUT2D eigenvalue weighted by Gasteiger charge is 2.26. The van der Waals surface area contributed by atoms with E-state index < -0.39 is 0 Å². The van der Waals surface area contributed by atoms with Crippen molar-refractivity contribution in [2.24, 2.45) is 11.8 Å². The maximum atomic E-state index is 12.4. The number of carbonyl (C=O) groups excluding carboxylic acids is 1. The highest BCUT2D eigenvalue weighted by atomic mass is 35.5. The molecule has 0 bridgehead atoms. The van der Waals surface area contributed by atoms with E-state index in [1.807, 2.05) is 12.1 Å². The van der Waals surface area contributed by atoms with Crippen LogP contribution in [-0.2, 0) is 11.2 Å². The summed E-state index contributed by atoms with van der Waals surface area (Å²) in [5.41, 5.74) is 2.52. The topological polar surface area (TPSA) is 41.1 Å². The molecule has 2 aliphatic rings. The predicted molar refractivity (Wildman–Crippen MR) is 97.3 cm³/mol. The standard InChI is InChI=1S/C18H25ClN2O.ClH/c1-12(13-6-8-20-9-7-13)10-18(22)21-17-5-2-14-11-15(19)3-4-16(14)17;/h3-4,11-13,17,20H,2,5-10H2,1H3,(H,21,22);1H. The van der Waals surface area contributed by atoms with Gasteiger partial charge in [-0.15, -0.1) is 12.4 Å². The van der Waals surface area contributed by atoms with Crippen molar-refractivity contribution in [3.63, 3.8) is 0 Å². The number of benzene rings is 1. The lowest BCUT2D eigenvalue weighted by atomic mass is 9.84. The van der Waals surface area contributed by atoms with Crippen LogP contribution in [0.4, 0.5) is 0 Å². The van der Waals surface area contributed by atoms with Crippen LogP contribution >= 0.6 is 24.0 Å². The Labute approximate surface area is 150 Å². The first-order valence-corrected chi connectivity index (χ1v) is 8.79. The number of nitrogens with one attached hydrogen (secondary N) is 2. The van der Waals surface area contributed by atoms with Gasteiger partial charge in [-0.25, -0.2) is 0 Å². The monoisotopic (exact) mass is 356 g/mol. The molecule has 23 heavy (non-hydrogen) atoms. The van der Waals surface area contributed by atoms with Crippen LogP contribution in [0.3, 0.4) is 0 Å². The summed E-state index contributed by atoms with van der Waals surface area (Å²) in [6.45, 7) is 4.40. The van der Waals surface area contributed by atoms with Gasteiger partial charge in [-0.05, 0) is 73.9 Å². The zero-order valence-electron chi connectivity index (χ0n) is 13.6. The first kappa shape index (κ1) is 18.6. The van der Waals surface area contributed by atoms with Crippen molar-refractivity contribution in [1.82, 2.24) is 10.6 Å². The van der Waals surface area contributed by atoms with Crippen LogP contribution in [0.25, 0.3) is 0 Å². The van der Waals surface area contributed by atoms with Gasteiger partial charge in [0.05, 0.1) is 6.04 Å². The van der Waals surface area contributed by atoms with Crippen molar-refractivity contribution < 1.29 is 4.79 Å². The van der Waals surface area contributed by atoms with Crippen LogP contribution in [0.5, 0.6) is 0 Å². The number of amides is 1. The van der Waals surface area contributed by atoms with Crippen LogP contribution in [-0.4, -0.2) is 19.0 Å². The fourth-order valence-corrected chi connectivity index (χ4v) is 4.06. The van der Waals surface area contributed by atoms with E-state index in [9.17, 15) is 4.79 Å². The Hall–Kier alpha value is -0.770. The van der Waals surface area contributed by atoms with Crippen molar-refractivity contribution in [3.8, 4) is 0 Å². The molecule has 1 fully saturated rings. The van der Waals surface area contributed by atoms with E-state index in [1.54, 1.807) is 0 Å². The minimum Gasteiger partial charge on any atom is -0.349 e. The normalized spacial score (nSPS) is 22.1. The van der Waals surface area contributed by atoms with Gasteiger partial charge in [0.1, 0.15) is 0 Å². The quantitative estimate of drug-likeness (QED) is 0.858. The Balaban J connectivity index is 0.00000192. The molecule has 1 aromatic rings. The van der Waals surface area contributed by atoms with Gasteiger partial charge in [0.2, 0.25) is 5.91 Å². The zero-order valence-corrected chi connectivity index (χ0v) is 15.2. The van der Waals surface area contributed by atoms with E-state index in [0.717, 1.165) is 31.0 Å². The Morgan fingerprint density at radius 1 is 1.35 bits per heavy atom. The molecule has 2 N–H and O–H groups in total. The second kappa shape index (κ2) is 8.36. The molecule has 0 radical (unpaired) electrons. The van der Waals surface area contributed by atoms with Crippen molar-refractivity contribution in [1.29, 1.82) is 0 Å². The second-order valence-electron chi connectivity index (χ2n) is 6.77. The summed E-state index contributed by atoms with van der Waals surface area (Å²) in [4.78, 5) is 12.4. The van der Waals surface area contributed by atoms with Gasteiger partial charge in [-0.3, -0.25) is 4.79 Å². The lowest BCUT2D eigenvalue weighted by Gasteiger charge is -2.28. The van der Waals surface area contributed by atoms with Gasteiger partial charge in [-0.1, -0.05) is 24.6 Å². The Bertz CT molecular complexity index is 544. The molecule has 1 aromatic carbocycles. The fraction of sp³-hybridized carbons (Fsp3) is 0.611. The first-order valence-electron chi connectivity index (χ1n) is 8.42. The summed E-state index contributed by atoms with van der Waals surface area (Å²) in [6, 6.07) is 6.18. The van der Waals surface area contributed by atoms with E-state index >= 15 is 0 Å². The summed E-state index contributed by atoms with van der Waals surface area (Å²) in [6.07, 6.45) is 5.02. The van der Waals surface area contributed by atoms with Gasteiger partial charge < -0.3 is 10.6 Å². The number of hydrogen-bond acceptors (Lipinski definition) is 2. The van der Waals surface area contributed by atoms with Crippen molar-refractivity contribution in [3.05, 3.63) is 34.3 Å². The van der Waals surface area contributed by atoms with Gasteiger partial charge in [-0.2, -0.15) is 0 Å². The predicted octanol–water partition coefficient (Wildman–Crippen LogP) is 3.89. The number of carbonyl (C=O) groups is 1. The molecule has 0 saturated carbocycles. The lowest BCUT2D eigenvalue weighted by molar-refractivity contribution is -0.123. The molecule has 1 amide bonds. The molecule has 5 heteroatoms. The van der Waals surface area contributed by atoms with Crippen LogP contribution in [0, 0.1) is 11.8 Å². The maximum Gasteiger partial charge on any atom is 0.220 e. The van der Waals surface area contributed by atoms with E-state index in [4.69, 9.17) is 11.6 Å². The summed E-state index contributed by atoms with van der Waals surface area (Å²) in [5.74, 6) is 1.34. The largest absolute Gasteiger partial charge is 0.349 e. The smallest absolute Gasteiger partial charge is 0.220 e. The van der Waals surface area contributed by atoms with Crippen molar-refractivity contribution >= 4 is 29.9 Å². The molecule has 2 unspecified atom stereocenters. The third-order valence-corrected chi connectivity index (χ3v) is 5.45. The number of rotatable bonds is 4. The molecule has 1 heterocycles. The van der Waals surface area contributed by atoms with E-state index in [-0.39, 0.29) is 24.4 Å². The molecule has 0 aromatic heterocycles. The van der Waals surface area contributed by atoms with E-state index in [1.165, 1.54) is 24.0 Å². The SMILES string of the molecule is CC(CC(=O)NC1CCc2cc(Cl)ccc21)C1CCNCC1.Cl. The highest BCUT2D eigenvalue weighted by molar-refractivity contribution is 6.30. The summed E-state index contributed by atoms with van der Waals surface area (Å²) < 4.78 is 0. The molecule has 1 aliphatic heterocycles. The molecular formula is C18H26Cl2N2O. The summed E-state index contributed by atoms with van der Waals surface area (Å²) in [5, 5.41) is 7.40. The number of piperidine rings is 1. The van der Waals surface area contributed by atoms with Gasteiger partial charge in [0, 0.05) is 11.4 Å². The third kappa shape index (κ3) is 4.62. The van der Waals surface area contributed by atoms with Crippen LogP contribution in [0.2, 0.25) is 5.02 Å². The molecule has 128 valence electrons. The average Bonchev–Trinajstić information content (AvgIpc) is 2.90. The zero-order chi connectivity index (χ0) is 15.5. The van der Waals surface area contributed by atoms with E-state index in [0.29, 0.717) is 18.3 Å². The molecule has 3 rings (SSSR count). The first-order chi connectivity index (χ1) is 10.6. The molecule has 1 saturated heterocycles. The number of fused-ring (bicyclic) bond motifs is 1. The molecule has 3 nitrogen and oxygen atoms in total. The minimum atomic E-state index is 0. The second-order valence-corrected chi connectivity index (χ2v) is 7.21. The summed E-state index contributed by atoms with van der Waals surface area (Å²) in [7, 11) is 0. The maximum absolute atomic E-state index is 12.4. The number of halogens is 2. The van der Waals surface area contributed by atoms with Gasteiger partial charge in [0.15, 0.2) is 0 Å².